The Morgan fingerprint density at radius 1 is 0.500 bits per heavy atom. The second-order valence-corrected chi connectivity index (χ2v) is 25.1. The average Bonchev–Trinajstić information content (AvgIpc) is 3.69. The predicted molar refractivity (Wildman–Crippen MR) is 235 cm³/mol. The monoisotopic (exact) mass is 765 g/mol. The van der Waals surface area contributed by atoms with E-state index in [1.807, 2.05) is 0 Å². The maximum absolute atomic E-state index is 5.87. The number of hydrogen-bond donors (Lipinski definition) is 0. The number of fused-ring (bicyclic) bond motifs is 13. The van der Waals surface area contributed by atoms with E-state index < -0.39 is 0 Å². The Hall–Kier alpha value is -0.920. The summed E-state index contributed by atoms with van der Waals surface area (Å²) in [5, 5.41) is 0. The Kier molecular flexibility index (Phi) is 10.8. The van der Waals surface area contributed by atoms with Crippen LogP contribution in [0.5, 0.6) is 0 Å². The summed E-state index contributed by atoms with van der Waals surface area (Å²) in [6, 6.07) is 0. The van der Waals surface area contributed by atoms with E-state index in [0.717, 1.165) is 76.9 Å². The molecule has 0 unspecified atom stereocenters. The molecule has 1 aromatic rings. The highest BCUT2D eigenvalue weighted by Gasteiger charge is 2.63. The molecule has 0 bridgehead atoms. The highest BCUT2D eigenvalue weighted by atomic mass is 14.9. The van der Waals surface area contributed by atoms with Gasteiger partial charge in [0, 0.05) is 5.92 Å². The van der Waals surface area contributed by atoms with Gasteiger partial charge in [-0.3, -0.25) is 9.97 Å². The minimum absolute atomic E-state index is 0.419. The van der Waals surface area contributed by atoms with Crippen LogP contribution in [0.25, 0.3) is 0 Å². The lowest BCUT2D eigenvalue weighted by Gasteiger charge is -2.61. The number of aryl methyl sites for hydroxylation is 1. The van der Waals surface area contributed by atoms with Crippen molar-refractivity contribution in [3.8, 4) is 0 Å². The lowest BCUT2D eigenvalue weighted by molar-refractivity contribution is -0.104. The van der Waals surface area contributed by atoms with Crippen LogP contribution in [0.1, 0.15) is 220 Å². The summed E-state index contributed by atoms with van der Waals surface area (Å²) < 4.78 is 0. The fourth-order valence-electron chi connectivity index (χ4n) is 18.8. The molecule has 0 saturated heterocycles. The van der Waals surface area contributed by atoms with Gasteiger partial charge in [-0.15, -0.1) is 0 Å². The molecule has 6 saturated carbocycles. The van der Waals surface area contributed by atoms with Crippen LogP contribution in [0.3, 0.4) is 0 Å². The van der Waals surface area contributed by atoms with Crippen molar-refractivity contribution in [2.24, 2.45) is 98.6 Å². The van der Waals surface area contributed by atoms with Crippen molar-refractivity contribution in [3.63, 3.8) is 0 Å². The zero-order valence-electron chi connectivity index (χ0n) is 38.5. The molecule has 56 heavy (non-hydrogen) atoms. The fraction of sp³-hybridized carbons (Fsp3) is 0.926. The van der Waals surface area contributed by atoms with Gasteiger partial charge in [0.2, 0.25) is 0 Å². The number of aromatic nitrogens is 2. The van der Waals surface area contributed by atoms with Crippen LogP contribution >= 0.6 is 0 Å². The highest BCUT2D eigenvalue weighted by Crippen LogP contribution is 2.71. The van der Waals surface area contributed by atoms with Crippen LogP contribution in [0.2, 0.25) is 0 Å². The largest absolute Gasteiger partial charge is 0.254 e. The summed E-state index contributed by atoms with van der Waals surface area (Å²) in [6.45, 7) is 26.0. The molecular weight excluding hydrogens is 677 g/mol. The maximum atomic E-state index is 5.87. The van der Waals surface area contributed by atoms with Crippen LogP contribution in [0.15, 0.2) is 0 Å². The maximum Gasteiger partial charge on any atom is 0.0658 e. The van der Waals surface area contributed by atoms with Gasteiger partial charge in [-0.25, -0.2) is 0 Å². The molecule has 16 atom stereocenters. The van der Waals surface area contributed by atoms with Crippen molar-refractivity contribution in [3.05, 3.63) is 22.8 Å². The summed E-state index contributed by atoms with van der Waals surface area (Å²) in [4.78, 5) is 11.6. The van der Waals surface area contributed by atoms with Gasteiger partial charge in [0.25, 0.3) is 0 Å². The first-order chi connectivity index (χ1) is 26.7. The Labute approximate surface area is 346 Å². The van der Waals surface area contributed by atoms with Gasteiger partial charge >= 0.3 is 0 Å². The molecule has 0 radical (unpaired) electrons. The van der Waals surface area contributed by atoms with Crippen LogP contribution in [-0.4, -0.2) is 9.97 Å². The van der Waals surface area contributed by atoms with Gasteiger partial charge in [0.15, 0.2) is 0 Å². The molecule has 0 spiro atoms. The van der Waals surface area contributed by atoms with E-state index in [1.165, 1.54) is 164 Å². The summed E-state index contributed by atoms with van der Waals surface area (Å²) in [5.41, 5.74) is 7.85. The van der Waals surface area contributed by atoms with Crippen molar-refractivity contribution in [2.75, 3.05) is 0 Å². The van der Waals surface area contributed by atoms with Gasteiger partial charge in [-0.1, -0.05) is 108 Å². The van der Waals surface area contributed by atoms with E-state index in [1.54, 1.807) is 0 Å². The third-order valence-electron chi connectivity index (χ3n) is 21.7. The van der Waals surface area contributed by atoms with Crippen molar-refractivity contribution in [1.82, 2.24) is 9.97 Å². The molecule has 0 aromatic carbocycles. The van der Waals surface area contributed by atoms with Crippen molar-refractivity contribution in [2.45, 2.75) is 216 Å². The standard InChI is InChI=1S/C54H88N2/c1-33(2)13-11-15-35(5)40-22-24-43-39-19-20-46-50-47(27-30-53(46,9)44(39)25-28-51(40,43)7)55-49-32-54(10)37(31-48(49)56-50)17-18-38-42-23-21-41(36(6)16-12-14-34(3)4)52(42,8)29-26-45(38)54/h33-46H,11-32H2,1-10H3/t35-,36-,37+,38+,39+,40-,41-,42+,43+,44+,45+,46+,51-,52-,53-,54+/m1/s1. The SMILES string of the molecule is CC(C)CCC[C@@H](C)[C@H]1CC[C@H]2[C@@H]3CC[C@H]4Cc5nc6c(nc5C[C@]4(C)[C@H]3CC[C@]12C)CC[C@@]1(C)[C@H]6CC[C@@H]2[C@@H]1CC[C@]1(C)[C@@H]([C@H](C)CCCC(C)C)CC[C@@H]21. The Morgan fingerprint density at radius 3 is 1.61 bits per heavy atom. The van der Waals surface area contributed by atoms with Crippen molar-refractivity contribution in [1.29, 1.82) is 0 Å². The molecule has 0 amide bonds. The summed E-state index contributed by atoms with van der Waals surface area (Å²) in [6.07, 6.45) is 31.4. The highest BCUT2D eigenvalue weighted by molar-refractivity contribution is 5.33. The van der Waals surface area contributed by atoms with Gasteiger partial charge in [-0.05, 0) is 201 Å². The summed E-state index contributed by atoms with van der Waals surface area (Å²) in [5.74, 6) is 12.5. The van der Waals surface area contributed by atoms with Gasteiger partial charge in [0.1, 0.15) is 0 Å². The minimum atomic E-state index is 0.419. The molecule has 1 heterocycles. The lowest BCUT2D eigenvalue weighted by Crippen LogP contribution is -2.55. The van der Waals surface area contributed by atoms with Crippen LogP contribution < -0.4 is 0 Å². The predicted octanol–water partition coefficient (Wildman–Crippen LogP) is 14.9. The van der Waals surface area contributed by atoms with Crippen molar-refractivity contribution >= 4 is 0 Å². The first-order valence-electron chi connectivity index (χ1n) is 25.6. The van der Waals surface area contributed by atoms with E-state index in [-0.39, 0.29) is 0 Å². The molecule has 0 aliphatic heterocycles. The third-order valence-corrected chi connectivity index (χ3v) is 21.7. The van der Waals surface area contributed by atoms with Crippen molar-refractivity contribution < 1.29 is 0 Å². The fourth-order valence-corrected chi connectivity index (χ4v) is 18.8. The minimum Gasteiger partial charge on any atom is -0.254 e. The Morgan fingerprint density at radius 2 is 1.04 bits per heavy atom. The van der Waals surface area contributed by atoms with E-state index >= 15 is 0 Å². The molecule has 314 valence electrons. The third kappa shape index (κ3) is 6.39. The van der Waals surface area contributed by atoms with Crippen LogP contribution in [0, 0.1) is 98.6 Å². The average molecular weight is 765 g/mol. The normalized spacial score (nSPS) is 46.1. The molecule has 8 aliphatic carbocycles. The summed E-state index contributed by atoms with van der Waals surface area (Å²) in [7, 11) is 0. The van der Waals surface area contributed by atoms with Crippen LogP contribution in [-0.2, 0) is 19.3 Å². The number of hydrogen-bond acceptors (Lipinski definition) is 2. The summed E-state index contributed by atoms with van der Waals surface area (Å²) >= 11 is 0. The quantitative estimate of drug-likeness (QED) is 0.237. The molecule has 2 nitrogen and oxygen atoms in total. The molecule has 1 aromatic heterocycles. The van der Waals surface area contributed by atoms with E-state index in [2.05, 4.69) is 69.2 Å². The number of nitrogens with zero attached hydrogens (tertiary/aromatic N) is 2. The lowest BCUT2D eigenvalue weighted by atomic mass is 9.44. The van der Waals surface area contributed by atoms with E-state index in [9.17, 15) is 0 Å². The molecule has 0 N–H and O–H groups in total. The van der Waals surface area contributed by atoms with E-state index in [4.69, 9.17) is 9.97 Å². The molecular formula is C54H88N2. The second kappa shape index (κ2) is 14.9. The van der Waals surface area contributed by atoms with E-state index in [0.29, 0.717) is 27.6 Å². The first kappa shape index (κ1) is 40.5. The Bertz CT molecular complexity index is 1580. The molecule has 8 aliphatic rings. The second-order valence-electron chi connectivity index (χ2n) is 25.1. The molecule has 2 heteroatoms. The smallest absolute Gasteiger partial charge is 0.0658 e. The zero-order chi connectivity index (χ0) is 39.4. The van der Waals surface area contributed by atoms with Gasteiger partial charge in [0.05, 0.1) is 22.8 Å². The van der Waals surface area contributed by atoms with Gasteiger partial charge in [-0.2, -0.15) is 0 Å². The molecule has 9 rings (SSSR count). The number of rotatable bonds is 10. The van der Waals surface area contributed by atoms with Crippen LogP contribution in [0.4, 0.5) is 0 Å². The topological polar surface area (TPSA) is 25.8 Å². The Balaban J connectivity index is 0.897. The zero-order valence-corrected chi connectivity index (χ0v) is 38.5. The first-order valence-corrected chi connectivity index (χ1v) is 25.6. The van der Waals surface area contributed by atoms with Gasteiger partial charge < -0.3 is 0 Å². The molecule has 6 fully saturated rings.